The number of anilines is 1. The van der Waals surface area contributed by atoms with E-state index in [1.165, 1.54) is 28.9 Å². The molecule has 0 radical (unpaired) electrons. The van der Waals surface area contributed by atoms with Crippen LogP contribution in [0, 0.1) is 6.92 Å². The van der Waals surface area contributed by atoms with Gasteiger partial charge < -0.3 is 22.0 Å². The van der Waals surface area contributed by atoms with Crippen LogP contribution in [0.15, 0.2) is 63.7 Å². The van der Waals surface area contributed by atoms with Gasteiger partial charge in [-0.1, -0.05) is 47.4 Å². The van der Waals surface area contributed by atoms with E-state index in [1.54, 1.807) is 29.2 Å². The molecule has 6 nitrogen and oxygen atoms in total. The molecule has 10 heteroatoms. The van der Waals surface area contributed by atoms with E-state index in [4.69, 9.17) is 4.74 Å². The summed E-state index contributed by atoms with van der Waals surface area (Å²) in [4.78, 5) is 29.0. The van der Waals surface area contributed by atoms with Crippen molar-refractivity contribution in [3.05, 3.63) is 95.3 Å². The van der Waals surface area contributed by atoms with E-state index in [0.717, 1.165) is 30.5 Å². The molecule has 2 aromatic carbocycles. The number of carbonyl (C=O) groups is 1. The normalized spacial score (nSPS) is 14.5. The minimum atomic E-state index is -0.346. The summed E-state index contributed by atoms with van der Waals surface area (Å²) in [6.45, 7) is 5.20. The molecule has 1 aliphatic heterocycles. The second-order valence-corrected chi connectivity index (χ2v) is 11.4. The minimum absolute atomic E-state index is 0. The van der Waals surface area contributed by atoms with Crippen LogP contribution in [0.5, 0.6) is 0 Å². The van der Waals surface area contributed by atoms with Crippen molar-refractivity contribution in [3.63, 3.8) is 0 Å². The molecule has 2 aromatic heterocycles. The molecule has 3 heterocycles. The molecule has 0 atom stereocenters. The number of rotatable bonds is 5. The molecule has 0 unspecified atom stereocenters. The molecular weight excluding hydrogens is 546 g/mol. The topological polar surface area (TPSA) is 55.4 Å². The zero-order valence-electron chi connectivity index (χ0n) is 20.9. The van der Waals surface area contributed by atoms with Crippen LogP contribution in [0.4, 0.5) is 5.69 Å². The Kier molecular flexibility index (Phi) is 8.28. The number of carbonyl (C=O) groups excluding carboxylic acids is 1. The Morgan fingerprint density at radius 1 is 1.19 bits per heavy atom. The number of methoxy groups -OCH3 is 1. The molecule has 5 rings (SSSR count). The maximum Gasteiger partial charge on any atom is 0.338 e. The molecule has 0 saturated heterocycles. The van der Waals surface area contributed by atoms with Crippen LogP contribution < -0.4 is 36.6 Å². The van der Waals surface area contributed by atoms with Gasteiger partial charge in [0.25, 0.3) is 10.6 Å². The van der Waals surface area contributed by atoms with Crippen LogP contribution in [0.25, 0.3) is 11.1 Å². The first kappa shape index (κ1) is 27.2. The highest BCUT2D eigenvalue weighted by atomic mass is 35.5. The van der Waals surface area contributed by atoms with E-state index in [1.807, 2.05) is 48.3 Å². The first-order valence-electron chi connectivity index (χ1n) is 11.5. The van der Waals surface area contributed by atoms with Gasteiger partial charge in [-0.05, 0) is 37.6 Å². The molecule has 0 saturated carbocycles. The zero-order chi connectivity index (χ0) is 25.4. The second kappa shape index (κ2) is 11.3. The highest BCUT2D eigenvalue weighted by Gasteiger charge is 2.25. The van der Waals surface area contributed by atoms with Crippen molar-refractivity contribution in [1.82, 2.24) is 4.57 Å². The molecule has 0 aliphatic carbocycles. The van der Waals surface area contributed by atoms with Gasteiger partial charge in [-0.3, -0.25) is 9.36 Å². The van der Waals surface area contributed by atoms with Crippen molar-refractivity contribution in [3.8, 4) is 0 Å². The number of ether oxygens (including phenoxy) is 1. The largest absolute Gasteiger partial charge is 1.00 e. The predicted octanol–water partition coefficient (Wildman–Crippen LogP) is 0.563. The average molecular weight is 572 g/mol. The number of aromatic nitrogens is 2. The number of thiazole rings is 2. The Hall–Kier alpha value is -2.85. The summed E-state index contributed by atoms with van der Waals surface area (Å²) < 4.78 is 10.5. The molecular formula is C27H26ClN3O3S3. The molecule has 0 bridgehead atoms. The number of fused-ring (bicyclic) bond motifs is 1. The SMILES string of the molecule is CCn1c(=O)/c(=C2\Sc3cc(C)ccc3N2C)s/c1=C\c1scc[n+]1Cc1ccccc1C(=O)OC.[Cl-]. The second-order valence-electron chi connectivity index (χ2n) is 8.42. The third-order valence-corrected chi connectivity index (χ3v) is 9.45. The number of hydrogen-bond donors (Lipinski definition) is 0. The van der Waals surface area contributed by atoms with Crippen molar-refractivity contribution in [1.29, 1.82) is 0 Å². The third-order valence-electron chi connectivity index (χ3n) is 6.13. The van der Waals surface area contributed by atoms with Crippen LogP contribution >= 0.6 is 34.4 Å². The van der Waals surface area contributed by atoms with Gasteiger partial charge in [0.15, 0.2) is 12.7 Å². The standard InChI is InChI=1S/C27H26N3O3S3.ClH/c1-5-30-23(36-24(25(30)31)26-28(3)20-11-10-17(2)14-21(20)35-26)15-22-29(12-13-34-22)16-18-8-6-7-9-19(18)27(32)33-4;/h6-15H,5,16H2,1-4H3;1H/q+1;/p-1/b26-24+;. The van der Waals surface area contributed by atoms with E-state index < -0.39 is 0 Å². The van der Waals surface area contributed by atoms with Crippen LogP contribution in [0.3, 0.4) is 0 Å². The first-order valence-corrected chi connectivity index (χ1v) is 14.0. The number of thioether (sulfide) groups is 1. The molecule has 37 heavy (non-hydrogen) atoms. The van der Waals surface area contributed by atoms with Crippen LogP contribution in [0.1, 0.15) is 33.4 Å². The maximum atomic E-state index is 13.5. The Morgan fingerprint density at radius 2 is 1.97 bits per heavy atom. The van der Waals surface area contributed by atoms with Crippen LogP contribution in [-0.4, -0.2) is 24.7 Å². The van der Waals surface area contributed by atoms with Crippen molar-refractivity contribution in [2.45, 2.75) is 31.8 Å². The number of halogens is 1. The van der Waals surface area contributed by atoms with Gasteiger partial charge in [0, 0.05) is 24.1 Å². The molecule has 0 amide bonds. The molecule has 0 fully saturated rings. The Labute approximate surface area is 233 Å². The van der Waals surface area contributed by atoms with Crippen molar-refractivity contribution < 1.29 is 26.5 Å². The van der Waals surface area contributed by atoms with Gasteiger partial charge in [-0.15, -0.1) is 11.3 Å². The lowest BCUT2D eigenvalue weighted by Crippen LogP contribution is -3.00. The lowest BCUT2D eigenvalue weighted by molar-refractivity contribution is -0.685. The first-order chi connectivity index (χ1) is 17.4. The fraction of sp³-hybridized carbons (Fsp3) is 0.222. The summed E-state index contributed by atoms with van der Waals surface area (Å²) in [7, 11) is 3.42. The van der Waals surface area contributed by atoms with Crippen molar-refractivity contribution in [2.24, 2.45) is 0 Å². The summed E-state index contributed by atoms with van der Waals surface area (Å²) >= 11 is 4.79. The van der Waals surface area contributed by atoms with Crippen molar-refractivity contribution >= 4 is 57.2 Å². The van der Waals surface area contributed by atoms with Gasteiger partial charge in [0.2, 0.25) is 0 Å². The fourth-order valence-electron chi connectivity index (χ4n) is 4.25. The van der Waals surface area contributed by atoms with Gasteiger partial charge in [0.1, 0.15) is 14.2 Å². The number of hydrogen-bond acceptors (Lipinski definition) is 7. The summed E-state index contributed by atoms with van der Waals surface area (Å²) in [5, 5.41) is 3.99. The number of esters is 1. The van der Waals surface area contributed by atoms with Gasteiger partial charge in [-0.25, -0.2) is 4.79 Å². The highest BCUT2D eigenvalue weighted by Crippen LogP contribution is 2.45. The van der Waals surface area contributed by atoms with Crippen molar-refractivity contribution in [2.75, 3.05) is 19.1 Å². The summed E-state index contributed by atoms with van der Waals surface area (Å²) in [5.41, 5.74) is 3.81. The summed E-state index contributed by atoms with van der Waals surface area (Å²) in [6.07, 6.45) is 4.07. The number of aryl methyl sites for hydroxylation is 1. The molecule has 0 N–H and O–H groups in total. The average Bonchev–Trinajstić information content (AvgIpc) is 3.54. The number of benzene rings is 2. The third kappa shape index (κ3) is 5.13. The molecule has 192 valence electrons. The van der Waals surface area contributed by atoms with Crippen LogP contribution in [-0.2, 0) is 17.8 Å². The zero-order valence-corrected chi connectivity index (χ0v) is 24.1. The highest BCUT2D eigenvalue weighted by molar-refractivity contribution is 8.08. The summed E-state index contributed by atoms with van der Waals surface area (Å²) in [5.74, 6) is -0.346. The van der Waals surface area contributed by atoms with E-state index in [9.17, 15) is 9.59 Å². The minimum Gasteiger partial charge on any atom is -1.00 e. The van der Waals surface area contributed by atoms with E-state index in [0.29, 0.717) is 18.7 Å². The van der Waals surface area contributed by atoms with E-state index >= 15 is 0 Å². The Balaban J connectivity index is 0.00000320. The van der Waals surface area contributed by atoms with E-state index in [2.05, 4.69) is 40.7 Å². The van der Waals surface area contributed by atoms with Crippen LogP contribution in [0.2, 0.25) is 0 Å². The number of nitrogens with zero attached hydrogens (tertiary/aromatic N) is 3. The summed E-state index contributed by atoms with van der Waals surface area (Å²) in [6, 6.07) is 13.9. The lowest BCUT2D eigenvalue weighted by Gasteiger charge is -2.12. The van der Waals surface area contributed by atoms with Gasteiger partial charge in [-0.2, -0.15) is 4.57 Å². The maximum absolute atomic E-state index is 13.5. The Morgan fingerprint density at radius 3 is 2.73 bits per heavy atom. The molecule has 0 spiro atoms. The monoisotopic (exact) mass is 571 g/mol. The Bertz CT molecular complexity index is 1650. The fourth-order valence-corrected chi connectivity index (χ4v) is 7.66. The smallest absolute Gasteiger partial charge is 0.338 e. The van der Waals surface area contributed by atoms with Gasteiger partial charge >= 0.3 is 5.97 Å². The molecule has 4 aromatic rings. The van der Waals surface area contributed by atoms with E-state index in [-0.39, 0.29) is 23.9 Å². The lowest BCUT2D eigenvalue weighted by atomic mass is 10.1. The quantitative estimate of drug-likeness (QED) is 0.259. The predicted molar refractivity (Wildman–Crippen MR) is 147 cm³/mol. The molecule has 1 aliphatic rings. The van der Waals surface area contributed by atoms with Gasteiger partial charge in [0.05, 0.1) is 29.8 Å².